The first-order valence-electron chi connectivity index (χ1n) is 6.09. The Bertz CT molecular complexity index is 590. The summed E-state index contributed by atoms with van der Waals surface area (Å²) in [5, 5.41) is 10.5. The lowest BCUT2D eigenvalue weighted by Crippen LogP contribution is -2.13. The number of hydrogen-bond donors (Lipinski definition) is 2. The molecule has 6 heteroatoms. The lowest BCUT2D eigenvalue weighted by atomic mass is 10.1. The molecule has 0 bridgehead atoms. The molecule has 100 valence electrons. The van der Waals surface area contributed by atoms with E-state index >= 15 is 0 Å². The van der Waals surface area contributed by atoms with Crippen LogP contribution in [0.25, 0.3) is 0 Å². The number of nitrogens with zero attached hydrogens (tertiary/aromatic N) is 3. The molecule has 1 heterocycles. The number of nitrogens with two attached hydrogens (primary N) is 1. The first kappa shape index (κ1) is 13.2. The number of benzene rings is 1. The van der Waals surface area contributed by atoms with E-state index < -0.39 is 0 Å². The molecular weight excluding hydrogens is 242 g/mol. The highest BCUT2D eigenvalue weighted by Crippen LogP contribution is 2.16. The Labute approximate surface area is 111 Å². The number of carbonyl (C=O) groups is 1. The molecule has 1 aromatic carbocycles. The summed E-state index contributed by atoms with van der Waals surface area (Å²) in [4.78, 5) is 12.0. The number of nitrogens with one attached hydrogen (secondary N) is 1. The topological polar surface area (TPSA) is 85.8 Å². The van der Waals surface area contributed by atoms with Crippen molar-refractivity contribution < 1.29 is 4.79 Å². The van der Waals surface area contributed by atoms with Crippen LogP contribution in [0.1, 0.15) is 21.6 Å². The second kappa shape index (κ2) is 5.62. The Morgan fingerprint density at radius 1 is 1.42 bits per heavy atom. The van der Waals surface area contributed by atoms with E-state index in [1.54, 1.807) is 10.9 Å². The summed E-state index contributed by atoms with van der Waals surface area (Å²) >= 11 is 0. The van der Waals surface area contributed by atoms with Gasteiger partial charge in [0.2, 0.25) is 0 Å². The molecule has 1 amide bonds. The quantitative estimate of drug-likeness (QED) is 0.861. The van der Waals surface area contributed by atoms with Gasteiger partial charge < -0.3 is 11.1 Å². The Kier molecular flexibility index (Phi) is 3.91. The van der Waals surface area contributed by atoms with Gasteiger partial charge in [0.05, 0.1) is 12.7 Å². The summed E-state index contributed by atoms with van der Waals surface area (Å²) in [5.41, 5.74) is 8.65. The van der Waals surface area contributed by atoms with Crippen molar-refractivity contribution in [3.8, 4) is 0 Å². The number of aryl methyl sites for hydroxylation is 2. The fraction of sp³-hybridized carbons (Fsp3) is 0.308. The van der Waals surface area contributed by atoms with Crippen LogP contribution in [0.4, 0.5) is 5.69 Å². The van der Waals surface area contributed by atoms with Crippen LogP contribution in [0.3, 0.4) is 0 Å². The van der Waals surface area contributed by atoms with E-state index in [-0.39, 0.29) is 11.6 Å². The van der Waals surface area contributed by atoms with Gasteiger partial charge in [-0.1, -0.05) is 22.9 Å². The fourth-order valence-electron chi connectivity index (χ4n) is 1.78. The van der Waals surface area contributed by atoms with E-state index in [1.165, 1.54) is 0 Å². The van der Waals surface area contributed by atoms with Gasteiger partial charge in [-0.15, -0.1) is 5.10 Å². The number of hydrogen-bond acceptors (Lipinski definition) is 4. The zero-order valence-corrected chi connectivity index (χ0v) is 11.1. The van der Waals surface area contributed by atoms with Gasteiger partial charge in [0, 0.05) is 12.2 Å². The number of rotatable bonds is 4. The molecule has 2 aromatic rings. The highest BCUT2D eigenvalue weighted by atomic mass is 16.2. The van der Waals surface area contributed by atoms with Crippen LogP contribution in [0, 0.1) is 13.8 Å². The van der Waals surface area contributed by atoms with Crippen molar-refractivity contribution in [2.75, 3.05) is 11.9 Å². The van der Waals surface area contributed by atoms with Gasteiger partial charge >= 0.3 is 0 Å². The van der Waals surface area contributed by atoms with Gasteiger partial charge in [0.1, 0.15) is 0 Å². The van der Waals surface area contributed by atoms with Crippen molar-refractivity contribution in [2.45, 2.75) is 20.4 Å². The smallest absolute Gasteiger partial charge is 0.277 e. The third-order valence-electron chi connectivity index (χ3n) is 2.76. The minimum Gasteiger partial charge on any atom is -0.329 e. The van der Waals surface area contributed by atoms with Gasteiger partial charge in [0.15, 0.2) is 5.69 Å². The average molecular weight is 259 g/mol. The number of anilines is 1. The van der Waals surface area contributed by atoms with Crippen molar-refractivity contribution in [1.82, 2.24) is 15.0 Å². The Morgan fingerprint density at radius 3 is 2.89 bits per heavy atom. The summed E-state index contributed by atoms with van der Waals surface area (Å²) < 4.78 is 1.55. The van der Waals surface area contributed by atoms with Crippen molar-refractivity contribution in [2.24, 2.45) is 5.73 Å². The molecule has 0 radical (unpaired) electrons. The zero-order valence-electron chi connectivity index (χ0n) is 11.1. The normalized spacial score (nSPS) is 10.5. The molecule has 0 aliphatic carbocycles. The molecule has 0 saturated carbocycles. The van der Waals surface area contributed by atoms with Crippen LogP contribution in [0.5, 0.6) is 0 Å². The summed E-state index contributed by atoms with van der Waals surface area (Å²) in [7, 11) is 0. The maximum Gasteiger partial charge on any atom is 0.277 e. The average Bonchev–Trinajstić information content (AvgIpc) is 2.82. The van der Waals surface area contributed by atoms with Crippen LogP contribution < -0.4 is 11.1 Å². The molecule has 0 aliphatic rings. The molecule has 2 rings (SSSR count). The number of aromatic nitrogens is 3. The highest BCUT2D eigenvalue weighted by molar-refractivity contribution is 6.03. The Hall–Kier alpha value is -2.21. The molecule has 0 fully saturated rings. The van der Waals surface area contributed by atoms with E-state index in [9.17, 15) is 4.79 Å². The Morgan fingerprint density at radius 2 is 2.21 bits per heavy atom. The maximum absolute atomic E-state index is 12.0. The van der Waals surface area contributed by atoms with Gasteiger partial charge in [-0.2, -0.15) is 0 Å². The van der Waals surface area contributed by atoms with Gasteiger partial charge in [0.25, 0.3) is 5.91 Å². The second-order valence-electron chi connectivity index (χ2n) is 4.43. The minimum atomic E-state index is -0.268. The first-order chi connectivity index (χ1) is 9.10. The lowest BCUT2D eigenvalue weighted by molar-refractivity contribution is 0.102. The van der Waals surface area contributed by atoms with Crippen LogP contribution in [-0.2, 0) is 6.54 Å². The molecule has 19 heavy (non-hydrogen) atoms. The molecule has 0 atom stereocenters. The molecular formula is C13H17N5O. The molecule has 3 N–H and O–H groups in total. The molecule has 0 saturated heterocycles. The fourth-order valence-corrected chi connectivity index (χ4v) is 1.78. The predicted molar refractivity (Wildman–Crippen MR) is 72.9 cm³/mol. The van der Waals surface area contributed by atoms with E-state index in [0.29, 0.717) is 13.1 Å². The third-order valence-corrected chi connectivity index (χ3v) is 2.76. The summed E-state index contributed by atoms with van der Waals surface area (Å²) in [6, 6.07) is 5.85. The largest absolute Gasteiger partial charge is 0.329 e. The van der Waals surface area contributed by atoms with E-state index in [4.69, 9.17) is 5.73 Å². The van der Waals surface area contributed by atoms with E-state index in [1.807, 2.05) is 32.0 Å². The van der Waals surface area contributed by atoms with E-state index in [2.05, 4.69) is 15.6 Å². The van der Waals surface area contributed by atoms with Gasteiger partial charge in [-0.3, -0.25) is 9.48 Å². The van der Waals surface area contributed by atoms with Crippen molar-refractivity contribution in [1.29, 1.82) is 0 Å². The summed E-state index contributed by atoms with van der Waals surface area (Å²) in [5.74, 6) is -0.268. The summed E-state index contributed by atoms with van der Waals surface area (Å²) in [6.45, 7) is 4.97. The van der Waals surface area contributed by atoms with Crippen LogP contribution in [0.2, 0.25) is 0 Å². The minimum absolute atomic E-state index is 0.268. The molecule has 0 aliphatic heterocycles. The molecule has 6 nitrogen and oxygen atoms in total. The Balaban J connectivity index is 2.11. The summed E-state index contributed by atoms with van der Waals surface area (Å²) in [6.07, 6.45) is 1.59. The monoisotopic (exact) mass is 259 g/mol. The number of carbonyl (C=O) groups excluding carboxylic acids is 1. The van der Waals surface area contributed by atoms with Crippen molar-refractivity contribution >= 4 is 11.6 Å². The van der Waals surface area contributed by atoms with Crippen molar-refractivity contribution in [3.05, 3.63) is 41.2 Å². The van der Waals surface area contributed by atoms with Crippen LogP contribution >= 0.6 is 0 Å². The SMILES string of the molecule is Cc1ccc(NC(=O)c2cn(CCN)nn2)c(C)c1. The zero-order chi connectivity index (χ0) is 13.8. The molecule has 0 spiro atoms. The van der Waals surface area contributed by atoms with E-state index in [0.717, 1.165) is 16.8 Å². The predicted octanol–water partition coefficient (Wildman–Crippen LogP) is 1.11. The van der Waals surface area contributed by atoms with Gasteiger partial charge in [-0.05, 0) is 25.5 Å². The van der Waals surface area contributed by atoms with Crippen LogP contribution in [0.15, 0.2) is 24.4 Å². The van der Waals surface area contributed by atoms with Crippen LogP contribution in [-0.4, -0.2) is 27.4 Å². The lowest BCUT2D eigenvalue weighted by Gasteiger charge is -2.07. The molecule has 1 aromatic heterocycles. The first-order valence-corrected chi connectivity index (χ1v) is 6.09. The highest BCUT2D eigenvalue weighted by Gasteiger charge is 2.11. The maximum atomic E-state index is 12.0. The number of amides is 1. The van der Waals surface area contributed by atoms with Crippen molar-refractivity contribution in [3.63, 3.8) is 0 Å². The second-order valence-corrected chi connectivity index (χ2v) is 4.43. The van der Waals surface area contributed by atoms with Gasteiger partial charge in [-0.25, -0.2) is 0 Å². The molecule has 0 unspecified atom stereocenters. The third kappa shape index (κ3) is 3.17. The standard InChI is InChI=1S/C13H17N5O/c1-9-3-4-11(10(2)7-9)15-13(19)12-8-18(6-5-14)17-16-12/h3-4,7-8H,5-6,14H2,1-2H3,(H,15,19).